The molecule has 0 fully saturated rings. The molecule has 0 saturated carbocycles. The lowest BCUT2D eigenvalue weighted by Gasteiger charge is -2.29. The Balaban J connectivity index is 2.03. The van der Waals surface area contributed by atoms with Gasteiger partial charge < -0.3 is 19.7 Å². The van der Waals surface area contributed by atoms with Gasteiger partial charge in [-0.25, -0.2) is 13.2 Å². The zero-order valence-corrected chi connectivity index (χ0v) is 16.2. The zero-order chi connectivity index (χ0) is 21.8. The van der Waals surface area contributed by atoms with Crippen molar-refractivity contribution < 1.29 is 45.6 Å². The van der Waals surface area contributed by atoms with Gasteiger partial charge in [-0.2, -0.15) is 13.2 Å². The van der Waals surface area contributed by atoms with Crippen LogP contribution in [0.15, 0.2) is 18.2 Å². The van der Waals surface area contributed by atoms with Crippen LogP contribution in [0.4, 0.5) is 13.2 Å². The second-order valence-corrected chi connectivity index (χ2v) is 8.71. The summed E-state index contributed by atoms with van der Waals surface area (Å²) in [6.45, 7) is 0. The molecule has 0 unspecified atom stereocenters. The van der Waals surface area contributed by atoms with Gasteiger partial charge in [0.1, 0.15) is 11.3 Å². The molecule has 8 nitrogen and oxygen atoms in total. The maximum absolute atomic E-state index is 12.2. The molecule has 0 aromatic heterocycles. The molecule has 1 aromatic rings. The largest absolute Gasteiger partial charge is 0.547 e. The number of halogens is 3. The SMILES string of the molecule is CS(=O)(=O)COC(=O)c1cccc2c1OB(O)[C@@H](NC(=O)CCCC(F)(F)F)C2. The standard InChI is InChI=1S/C16H19BF3NO7S/c1-29(25,26)9-27-15(23)11-5-2-4-10-8-12(17(24)28-14(10)11)21-13(22)6-3-7-16(18,19)20/h2,4-5,12,24H,3,6-9H2,1H3,(H,21,22)/t12-/m0/s1. The molecule has 1 aromatic carbocycles. The summed E-state index contributed by atoms with van der Waals surface area (Å²) >= 11 is 0. The molecule has 1 atom stereocenters. The smallest absolute Gasteiger partial charge is 0.534 e. The van der Waals surface area contributed by atoms with Gasteiger partial charge in [-0.1, -0.05) is 12.1 Å². The van der Waals surface area contributed by atoms with Crippen LogP contribution in [0.5, 0.6) is 5.75 Å². The first-order chi connectivity index (χ1) is 13.4. The average Bonchev–Trinajstić information content (AvgIpc) is 2.58. The monoisotopic (exact) mass is 437 g/mol. The first-order valence-electron chi connectivity index (χ1n) is 8.53. The lowest BCUT2D eigenvalue weighted by molar-refractivity contribution is -0.137. The highest BCUT2D eigenvalue weighted by Gasteiger charge is 2.38. The molecule has 1 aliphatic rings. The van der Waals surface area contributed by atoms with E-state index in [9.17, 15) is 36.2 Å². The number of carbonyl (C=O) groups excluding carboxylic acids is 2. The Labute approximate surface area is 165 Å². The van der Waals surface area contributed by atoms with E-state index in [1.54, 1.807) is 6.07 Å². The summed E-state index contributed by atoms with van der Waals surface area (Å²) in [7, 11) is -5.11. The Bertz CT molecular complexity index is 876. The van der Waals surface area contributed by atoms with Crippen LogP contribution in [-0.2, 0) is 25.8 Å². The fourth-order valence-electron chi connectivity index (χ4n) is 2.68. The minimum Gasteiger partial charge on any atom is -0.534 e. The maximum Gasteiger partial charge on any atom is 0.547 e. The van der Waals surface area contributed by atoms with Gasteiger partial charge in [0.15, 0.2) is 15.8 Å². The Morgan fingerprint density at radius 2 is 2.07 bits per heavy atom. The average molecular weight is 437 g/mol. The highest BCUT2D eigenvalue weighted by atomic mass is 32.2. The summed E-state index contributed by atoms with van der Waals surface area (Å²) in [5.41, 5.74) is 0.338. The number of benzene rings is 1. The summed E-state index contributed by atoms with van der Waals surface area (Å²) in [6.07, 6.45) is -5.25. The second-order valence-electron chi connectivity index (χ2n) is 6.62. The van der Waals surface area contributed by atoms with E-state index in [0.717, 1.165) is 6.26 Å². The summed E-state index contributed by atoms with van der Waals surface area (Å²) in [5, 5.41) is 12.5. The third kappa shape index (κ3) is 7.24. The number of alkyl halides is 3. The molecule has 2 rings (SSSR count). The van der Waals surface area contributed by atoms with E-state index in [1.165, 1.54) is 12.1 Å². The van der Waals surface area contributed by atoms with Gasteiger partial charge in [-0.05, 0) is 24.5 Å². The molecule has 2 N–H and O–H groups in total. The third-order valence-corrected chi connectivity index (χ3v) is 4.50. The number of rotatable bonds is 7. The van der Waals surface area contributed by atoms with Gasteiger partial charge >= 0.3 is 19.3 Å². The number of nitrogens with one attached hydrogen (secondary N) is 1. The van der Waals surface area contributed by atoms with E-state index in [1.807, 2.05) is 0 Å². The first-order valence-corrected chi connectivity index (χ1v) is 10.6. The molecule has 160 valence electrons. The lowest BCUT2D eigenvalue weighted by atomic mass is 9.72. The summed E-state index contributed by atoms with van der Waals surface area (Å²) in [5.74, 6) is -3.40. The van der Waals surface area contributed by atoms with Crippen LogP contribution in [0, 0.1) is 0 Å². The Morgan fingerprint density at radius 3 is 2.69 bits per heavy atom. The van der Waals surface area contributed by atoms with Crippen LogP contribution in [-0.4, -0.2) is 56.7 Å². The van der Waals surface area contributed by atoms with Gasteiger partial charge in [0.05, 0.1) is 5.94 Å². The third-order valence-electron chi connectivity index (χ3n) is 3.95. The predicted octanol–water partition coefficient (Wildman–Crippen LogP) is 1.02. The van der Waals surface area contributed by atoms with Crippen molar-refractivity contribution >= 4 is 28.8 Å². The first kappa shape index (κ1) is 23.0. The predicted molar refractivity (Wildman–Crippen MR) is 95.7 cm³/mol. The minimum absolute atomic E-state index is 0.0129. The van der Waals surface area contributed by atoms with Gasteiger partial charge in [0.2, 0.25) is 5.91 Å². The normalized spacial score (nSPS) is 16.6. The number of fused-ring (bicyclic) bond motifs is 1. The number of sulfone groups is 1. The number of hydrogen-bond donors (Lipinski definition) is 2. The van der Waals surface area contributed by atoms with Gasteiger partial charge in [-0.3, -0.25) is 4.79 Å². The van der Waals surface area contributed by atoms with Crippen molar-refractivity contribution in [3.63, 3.8) is 0 Å². The Morgan fingerprint density at radius 1 is 1.38 bits per heavy atom. The van der Waals surface area contributed by atoms with Crippen LogP contribution in [0.3, 0.4) is 0 Å². The number of esters is 1. The topological polar surface area (TPSA) is 119 Å². The molecular weight excluding hydrogens is 418 g/mol. The second kappa shape index (κ2) is 9.03. The Hall–Kier alpha value is -2.28. The highest BCUT2D eigenvalue weighted by molar-refractivity contribution is 7.90. The number of carbonyl (C=O) groups is 2. The van der Waals surface area contributed by atoms with Gasteiger partial charge in [0, 0.05) is 19.1 Å². The highest BCUT2D eigenvalue weighted by Crippen LogP contribution is 2.31. The molecule has 1 amide bonds. The van der Waals surface area contributed by atoms with Gasteiger partial charge in [-0.15, -0.1) is 0 Å². The number of ether oxygens (including phenoxy) is 1. The fraction of sp³-hybridized carbons (Fsp3) is 0.500. The number of para-hydroxylation sites is 1. The van der Waals surface area contributed by atoms with Crippen LogP contribution in [0.25, 0.3) is 0 Å². The van der Waals surface area contributed by atoms with E-state index in [4.69, 9.17) is 9.39 Å². The molecule has 1 heterocycles. The minimum atomic E-state index is -4.35. The van der Waals surface area contributed by atoms with E-state index in [2.05, 4.69) is 5.32 Å². The molecular formula is C16H19BF3NO7S. The molecule has 0 radical (unpaired) electrons. The van der Waals surface area contributed by atoms with Crippen molar-refractivity contribution in [1.29, 1.82) is 0 Å². The summed E-state index contributed by atoms with van der Waals surface area (Å²) in [4.78, 5) is 24.0. The maximum atomic E-state index is 12.2. The van der Waals surface area contributed by atoms with Crippen molar-refractivity contribution in [2.24, 2.45) is 0 Å². The van der Waals surface area contributed by atoms with Crippen LogP contribution < -0.4 is 9.97 Å². The molecule has 0 spiro atoms. The Kier molecular flexibility index (Phi) is 7.17. The van der Waals surface area contributed by atoms with Crippen molar-refractivity contribution in [1.82, 2.24) is 5.32 Å². The van der Waals surface area contributed by atoms with E-state index in [0.29, 0.717) is 5.56 Å². The van der Waals surface area contributed by atoms with E-state index >= 15 is 0 Å². The molecule has 1 aliphatic heterocycles. The number of amides is 1. The van der Waals surface area contributed by atoms with Crippen LogP contribution in [0.2, 0.25) is 0 Å². The van der Waals surface area contributed by atoms with Crippen molar-refractivity contribution in [3.8, 4) is 5.75 Å². The van der Waals surface area contributed by atoms with Crippen molar-refractivity contribution in [2.45, 2.75) is 37.8 Å². The van der Waals surface area contributed by atoms with E-state index < -0.39 is 53.3 Å². The zero-order valence-electron chi connectivity index (χ0n) is 15.4. The fourth-order valence-corrected chi connectivity index (χ4v) is 3.00. The van der Waals surface area contributed by atoms with Crippen LogP contribution >= 0.6 is 0 Å². The lowest BCUT2D eigenvalue weighted by Crippen LogP contribution is -2.53. The summed E-state index contributed by atoms with van der Waals surface area (Å²) < 4.78 is 68.7. The molecule has 0 aliphatic carbocycles. The number of hydrogen-bond acceptors (Lipinski definition) is 7. The van der Waals surface area contributed by atoms with Crippen LogP contribution in [0.1, 0.15) is 35.2 Å². The van der Waals surface area contributed by atoms with E-state index in [-0.39, 0.29) is 30.6 Å². The molecule has 0 bridgehead atoms. The quantitative estimate of drug-likeness (QED) is 0.483. The summed E-state index contributed by atoms with van der Waals surface area (Å²) in [6, 6.07) is 4.38. The molecule has 29 heavy (non-hydrogen) atoms. The molecule has 13 heteroatoms. The van der Waals surface area contributed by atoms with Gasteiger partial charge in [0.25, 0.3) is 0 Å². The van der Waals surface area contributed by atoms with Crippen molar-refractivity contribution in [3.05, 3.63) is 29.3 Å². The van der Waals surface area contributed by atoms with Crippen molar-refractivity contribution in [2.75, 3.05) is 12.2 Å². The molecule has 0 saturated heterocycles.